The van der Waals surface area contributed by atoms with Gasteiger partial charge in [0.25, 0.3) is 0 Å². The van der Waals surface area contributed by atoms with Crippen LogP contribution in [0.5, 0.6) is 17.2 Å². The van der Waals surface area contributed by atoms with E-state index in [1.807, 2.05) is 0 Å². The molecule has 5 nitrogen and oxygen atoms in total. The highest BCUT2D eigenvalue weighted by Gasteiger charge is 2.23. The quantitative estimate of drug-likeness (QED) is 0.740. The molecule has 17 heavy (non-hydrogen) atoms. The van der Waals surface area contributed by atoms with E-state index in [9.17, 15) is 4.79 Å². The van der Waals surface area contributed by atoms with Crippen LogP contribution in [0.3, 0.4) is 0 Å². The molecule has 1 aliphatic rings. The zero-order valence-electron chi connectivity index (χ0n) is 9.76. The van der Waals surface area contributed by atoms with E-state index >= 15 is 0 Å². The van der Waals surface area contributed by atoms with Crippen LogP contribution in [0.4, 0.5) is 0 Å². The molecule has 1 aromatic rings. The van der Waals surface area contributed by atoms with Crippen LogP contribution >= 0.6 is 0 Å². The molecule has 5 heteroatoms. The highest BCUT2D eigenvalue weighted by atomic mass is 16.6. The number of ether oxygens (including phenoxy) is 4. The van der Waals surface area contributed by atoms with E-state index in [0.717, 1.165) is 6.29 Å². The predicted octanol–water partition coefficient (Wildman–Crippen LogP) is 1.29. The lowest BCUT2D eigenvalue weighted by molar-refractivity contribution is 0.0270. The second-order valence-corrected chi connectivity index (χ2v) is 3.66. The van der Waals surface area contributed by atoms with Crippen LogP contribution in [0.2, 0.25) is 0 Å². The maximum atomic E-state index is 10.9. The summed E-state index contributed by atoms with van der Waals surface area (Å²) in [5.74, 6) is 1.61. The Morgan fingerprint density at radius 2 is 2.24 bits per heavy atom. The van der Waals surface area contributed by atoms with Crippen LogP contribution in [0.15, 0.2) is 12.1 Å². The Morgan fingerprint density at radius 3 is 2.88 bits per heavy atom. The summed E-state index contributed by atoms with van der Waals surface area (Å²) in [5.41, 5.74) is 0.438. The van der Waals surface area contributed by atoms with Crippen LogP contribution < -0.4 is 14.2 Å². The third-order valence-corrected chi connectivity index (χ3v) is 2.49. The Kier molecular flexibility index (Phi) is 3.49. The first kappa shape index (κ1) is 11.7. The molecule has 0 amide bonds. The number of hydrogen-bond acceptors (Lipinski definition) is 5. The summed E-state index contributed by atoms with van der Waals surface area (Å²) >= 11 is 0. The van der Waals surface area contributed by atoms with E-state index in [4.69, 9.17) is 18.9 Å². The third kappa shape index (κ3) is 2.34. The number of carbonyl (C=O) groups is 1. The summed E-state index contributed by atoms with van der Waals surface area (Å²) in [6.07, 6.45) is 0.572. The zero-order chi connectivity index (χ0) is 12.3. The number of rotatable bonds is 4. The van der Waals surface area contributed by atoms with Gasteiger partial charge in [-0.05, 0) is 6.07 Å². The normalized spacial score (nSPS) is 17.6. The number of hydrogen-bond donors (Lipinski definition) is 0. The zero-order valence-corrected chi connectivity index (χ0v) is 9.76. The smallest absolute Gasteiger partial charge is 0.165 e. The molecule has 0 saturated carbocycles. The van der Waals surface area contributed by atoms with Crippen LogP contribution in [0.1, 0.15) is 10.4 Å². The molecule has 92 valence electrons. The van der Waals surface area contributed by atoms with Crippen molar-refractivity contribution >= 4 is 6.29 Å². The minimum Gasteiger partial charge on any atom is -0.496 e. The molecular weight excluding hydrogens is 224 g/mol. The summed E-state index contributed by atoms with van der Waals surface area (Å²) in [4.78, 5) is 10.9. The number of fused-ring (bicyclic) bond motifs is 1. The maximum absolute atomic E-state index is 10.9. The molecule has 0 bridgehead atoms. The molecule has 1 aliphatic heterocycles. The van der Waals surface area contributed by atoms with Gasteiger partial charge in [-0.15, -0.1) is 0 Å². The van der Waals surface area contributed by atoms with Crippen molar-refractivity contribution in [3.63, 3.8) is 0 Å². The minimum absolute atomic E-state index is 0.152. The Balaban J connectivity index is 2.28. The summed E-state index contributed by atoms with van der Waals surface area (Å²) in [6.45, 7) is 0.867. The SMILES string of the molecule is COC[C@@H]1COc2cc(OC)c(C=O)cc2O1. The maximum Gasteiger partial charge on any atom is 0.165 e. The van der Waals surface area contributed by atoms with Gasteiger partial charge < -0.3 is 18.9 Å². The molecule has 1 atom stereocenters. The first-order chi connectivity index (χ1) is 8.28. The summed E-state index contributed by atoms with van der Waals surface area (Å²) in [5, 5.41) is 0. The van der Waals surface area contributed by atoms with Gasteiger partial charge in [-0.1, -0.05) is 0 Å². The third-order valence-electron chi connectivity index (χ3n) is 2.49. The second kappa shape index (κ2) is 5.05. The van der Waals surface area contributed by atoms with E-state index < -0.39 is 0 Å². The van der Waals surface area contributed by atoms with Crippen LogP contribution in [-0.2, 0) is 4.74 Å². The van der Waals surface area contributed by atoms with Crippen molar-refractivity contribution in [2.75, 3.05) is 27.4 Å². The van der Waals surface area contributed by atoms with Crippen molar-refractivity contribution in [2.45, 2.75) is 6.10 Å². The van der Waals surface area contributed by atoms with E-state index in [-0.39, 0.29) is 6.10 Å². The van der Waals surface area contributed by atoms with Crippen molar-refractivity contribution in [1.29, 1.82) is 0 Å². The van der Waals surface area contributed by atoms with E-state index in [1.165, 1.54) is 7.11 Å². The topological polar surface area (TPSA) is 54.0 Å². The highest BCUT2D eigenvalue weighted by molar-refractivity contribution is 5.81. The molecule has 0 spiro atoms. The van der Waals surface area contributed by atoms with Crippen molar-refractivity contribution in [3.8, 4) is 17.2 Å². The van der Waals surface area contributed by atoms with Gasteiger partial charge in [0.1, 0.15) is 12.4 Å². The first-order valence-corrected chi connectivity index (χ1v) is 5.24. The van der Waals surface area contributed by atoms with Gasteiger partial charge in [0.2, 0.25) is 0 Å². The Bertz CT molecular complexity index is 416. The molecule has 1 aromatic carbocycles. The Morgan fingerprint density at radius 1 is 1.41 bits per heavy atom. The number of carbonyl (C=O) groups excluding carboxylic acids is 1. The van der Waals surface area contributed by atoms with Crippen LogP contribution in [-0.4, -0.2) is 39.8 Å². The van der Waals surface area contributed by atoms with Gasteiger partial charge in [0, 0.05) is 13.2 Å². The average Bonchev–Trinajstić information content (AvgIpc) is 2.37. The number of aldehydes is 1. The molecular formula is C12H14O5. The van der Waals surface area contributed by atoms with E-state index in [2.05, 4.69) is 0 Å². The molecule has 0 N–H and O–H groups in total. The van der Waals surface area contributed by atoms with Gasteiger partial charge in [-0.2, -0.15) is 0 Å². The van der Waals surface area contributed by atoms with Crippen LogP contribution in [0.25, 0.3) is 0 Å². The number of methoxy groups -OCH3 is 2. The lowest BCUT2D eigenvalue weighted by atomic mass is 10.1. The van der Waals surface area contributed by atoms with E-state index in [0.29, 0.717) is 36.0 Å². The van der Waals surface area contributed by atoms with Crippen molar-refractivity contribution in [3.05, 3.63) is 17.7 Å². The van der Waals surface area contributed by atoms with E-state index in [1.54, 1.807) is 19.2 Å². The fraction of sp³-hybridized carbons (Fsp3) is 0.417. The molecule has 0 saturated heterocycles. The van der Waals surface area contributed by atoms with Gasteiger partial charge in [-0.3, -0.25) is 4.79 Å². The van der Waals surface area contributed by atoms with Crippen molar-refractivity contribution in [1.82, 2.24) is 0 Å². The summed E-state index contributed by atoms with van der Waals surface area (Å²) in [6, 6.07) is 3.27. The van der Waals surface area contributed by atoms with Gasteiger partial charge in [0.05, 0.1) is 19.3 Å². The highest BCUT2D eigenvalue weighted by Crippen LogP contribution is 2.37. The predicted molar refractivity (Wildman–Crippen MR) is 60.2 cm³/mol. The molecule has 0 unspecified atom stereocenters. The van der Waals surface area contributed by atoms with Crippen molar-refractivity contribution in [2.24, 2.45) is 0 Å². The molecule has 1 heterocycles. The first-order valence-electron chi connectivity index (χ1n) is 5.24. The molecule has 0 aliphatic carbocycles. The fourth-order valence-electron chi connectivity index (χ4n) is 1.70. The minimum atomic E-state index is -0.152. The summed E-state index contributed by atoms with van der Waals surface area (Å²) in [7, 11) is 3.11. The molecule has 0 aromatic heterocycles. The molecule has 0 fully saturated rings. The van der Waals surface area contributed by atoms with Gasteiger partial charge in [-0.25, -0.2) is 0 Å². The standard InChI is InChI=1S/C12H14O5/c1-14-6-9-7-16-11-4-10(15-2)8(5-13)3-12(11)17-9/h3-5,9H,6-7H2,1-2H3/t9-/m1/s1. The lowest BCUT2D eigenvalue weighted by Crippen LogP contribution is -2.33. The molecule has 0 radical (unpaired) electrons. The Labute approximate surface area is 99.2 Å². The van der Waals surface area contributed by atoms with Crippen LogP contribution in [0, 0.1) is 0 Å². The van der Waals surface area contributed by atoms with Gasteiger partial charge >= 0.3 is 0 Å². The largest absolute Gasteiger partial charge is 0.496 e. The second-order valence-electron chi connectivity index (χ2n) is 3.66. The average molecular weight is 238 g/mol. The monoisotopic (exact) mass is 238 g/mol. The number of benzene rings is 1. The molecule has 2 rings (SSSR count). The summed E-state index contributed by atoms with van der Waals surface area (Å²) < 4.78 is 21.3. The Hall–Kier alpha value is -1.75. The lowest BCUT2D eigenvalue weighted by Gasteiger charge is -2.26. The van der Waals surface area contributed by atoms with Crippen molar-refractivity contribution < 1.29 is 23.7 Å². The fourth-order valence-corrected chi connectivity index (χ4v) is 1.70. The van der Waals surface area contributed by atoms with Gasteiger partial charge in [0.15, 0.2) is 23.9 Å².